The Hall–Kier alpha value is -3.30. The first kappa shape index (κ1) is 18.0. The van der Waals surface area contributed by atoms with E-state index in [0.29, 0.717) is 24.5 Å². The zero-order valence-electron chi connectivity index (χ0n) is 13.7. The molecule has 0 bridgehead atoms. The van der Waals surface area contributed by atoms with E-state index in [1.54, 1.807) is 29.2 Å². The molecule has 0 saturated carbocycles. The molecule has 128 valence electrons. The predicted octanol–water partition coefficient (Wildman–Crippen LogP) is 2.11. The van der Waals surface area contributed by atoms with Crippen LogP contribution >= 0.6 is 0 Å². The number of rotatable bonds is 7. The van der Waals surface area contributed by atoms with Crippen LogP contribution in [0, 0.1) is 11.3 Å². The maximum atomic E-state index is 12.3. The van der Waals surface area contributed by atoms with Crippen LogP contribution in [0.2, 0.25) is 0 Å². The molecule has 6 nitrogen and oxygen atoms in total. The van der Waals surface area contributed by atoms with E-state index in [4.69, 9.17) is 5.73 Å². The van der Waals surface area contributed by atoms with E-state index in [1.165, 1.54) is 6.20 Å². The molecule has 0 spiro atoms. The van der Waals surface area contributed by atoms with Gasteiger partial charge in [-0.15, -0.1) is 0 Å². The van der Waals surface area contributed by atoms with E-state index >= 15 is 0 Å². The predicted molar refractivity (Wildman–Crippen MR) is 97.1 cm³/mol. The summed E-state index contributed by atoms with van der Waals surface area (Å²) in [6.45, 7) is 0.721. The summed E-state index contributed by atoms with van der Waals surface area (Å²) in [4.78, 5) is 14.0. The molecule has 0 atom stereocenters. The summed E-state index contributed by atoms with van der Waals surface area (Å²) in [5.41, 5.74) is 7.73. The number of hydrogen-bond donors (Lipinski definition) is 3. The third kappa shape index (κ3) is 5.68. The van der Waals surface area contributed by atoms with Crippen molar-refractivity contribution in [2.24, 2.45) is 0 Å². The molecule has 2 aromatic carbocycles. The molecule has 0 aliphatic heterocycles. The topological polar surface area (TPSA) is 102 Å². The van der Waals surface area contributed by atoms with Gasteiger partial charge in [-0.3, -0.25) is 4.79 Å². The SMILES string of the molecule is N#C/C(=C/N(CCO)Cc1ccccc1)C(=O)Nc1ccc(N)cc1. The third-order valence-corrected chi connectivity index (χ3v) is 3.46. The summed E-state index contributed by atoms with van der Waals surface area (Å²) in [5, 5.41) is 21.2. The van der Waals surface area contributed by atoms with E-state index in [9.17, 15) is 15.2 Å². The van der Waals surface area contributed by atoms with Crippen LogP contribution < -0.4 is 11.1 Å². The summed E-state index contributed by atoms with van der Waals surface area (Å²) >= 11 is 0. The Kier molecular flexibility index (Phi) is 6.57. The Labute approximate surface area is 146 Å². The highest BCUT2D eigenvalue weighted by Gasteiger charge is 2.12. The average molecular weight is 336 g/mol. The van der Waals surface area contributed by atoms with E-state index in [0.717, 1.165) is 5.56 Å². The Morgan fingerprint density at radius 1 is 1.20 bits per heavy atom. The standard InChI is InChI=1S/C19H20N4O2/c20-12-16(19(25)22-18-8-6-17(21)7-9-18)14-23(10-11-24)13-15-4-2-1-3-5-15/h1-9,14,24H,10-11,13,21H2,(H,22,25)/b16-14-. The number of nitrogen functional groups attached to an aromatic ring is 1. The number of anilines is 2. The summed E-state index contributed by atoms with van der Waals surface area (Å²) < 4.78 is 0. The molecular weight excluding hydrogens is 316 g/mol. The number of nitrogens with zero attached hydrogens (tertiary/aromatic N) is 2. The van der Waals surface area contributed by atoms with Crippen LogP contribution in [-0.2, 0) is 11.3 Å². The summed E-state index contributed by atoms with van der Waals surface area (Å²) in [7, 11) is 0. The van der Waals surface area contributed by atoms with Crippen LogP contribution in [-0.4, -0.2) is 29.1 Å². The minimum Gasteiger partial charge on any atom is -0.399 e. The molecule has 0 aromatic heterocycles. The minimum absolute atomic E-state index is 0.0405. The van der Waals surface area contributed by atoms with Gasteiger partial charge in [-0.25, -0.2) is 0 Å². The fraction of sp³-hybridized carbons (Fsp3) is 0.158. The highest BCUT2D eigenvalue weighted by atomic mass is 16.3. The first-order valence-electron chi connectivity index (χ1n) is 7.80. The van der Waals surface area contributed by atoms with Crippen molar-refractivity contribution in [1.82, 2.24) is 4.90 Å². The van der Waals surface area contributed by atoms with Crippen molar-refractivity contribution < 1.29 is 9.90 Å². The van der Waals surface area contributed by atoms with Crippen molar-refractivity contribution in [3.8, 4) is 6.07 Å². The average Bonchev–Trinajstić information content (AvgIpc) is 2.62. The van der Waals surface area contributed by atoms with Crippen LogP contribution in [0.1, 0.15) is 5.56 Å². The van der Waals surface area contributed by atoms with Crippen LogP contribution in [0.25, 0.3) is 0 Å². The van der Waals surface area contributed by atoms with Gasteiger partial charge in [0.15, 0.2) is 0 Å². The smallest absolute Gasteiger partial charge is 0.267 e. The fourth-order valence-electron chi connectivity index (χ4n) is 2.22. The highest BCUT2D eigenvalue weighted by Crippen LogP contribution is 2.12. The van der Waals surface area contributed by atoms with Crippen molar-refractivity contribution in [2.75, 3.05) is 24.2 Å². The largest absolute Gasteiger partial charge is 0.399 e. The lowest BCUT2D eigenvalue weighted by Crippen LogP contribution is -2.23. The zero-order valence-corrected chi connectivity index (χ0v) is 13.7. The highest BCUT2D eigenvalue weighted by molar-refractivity contribution is 6.06. The van der Waals surface area contributed by atoms with Gasteiger partial charge in [0, 0.05) is 30.7 Å². The van der Waals surface area contributed by atoms with Crippen LogP contribution in [0.4, 0.5) is 11.4 Å². The van der Waals surface area contributed by atoms with Crippen LogP contribution in [0.15, 0.2) is 66.4 Å². The number of aliphatic hydroxyl groups is 1. The first-order chi connectivity index (χ1) is 12.1. The van der Waals surface area contributed by atoms with Crippen molar-refractivity contribution in [3.63, 3.8) is 0 Å². The lowest BCUT2D eigenvalue weighted by Gasteiger charge is -2.20. The summed E-state index contributed by atoms with van der Waals surface area (Å²) in [5.74, 6) is -0.511. The molecule has 0 aliphatic rings. The number of hydrogen-bond acceptors (Lipinski definition) is 5. The lowest BCUT2D eigenvalue weighted by atomic mass is 10.2. The minimum atomic E-state index is -0.511. The van der Waals surface area contributed by atoms with Crippen molar-refractivity contribution >= 4 is 17.3 Å². The molecule has 1 amide bonds. The number of amides is 1. The molecule has 0 radical (unpaired) electrons. The van der Waals surface area contributed by atoms with Gasteiger partial charge in [-0.1, -0.05) is 30.3 Å². The Morgan fingerprint density at radius 3 is 2.48 bits per heavy atom. The van der Waals surface area contributed by atoms with Crippen molar-refractivity contribution in [3.05, 3.63) is 71.9 Å². The van der Waals surface area contributed by atoms with Gasteiger partial charge >= 0.3 is 0 Å². The zero-order chi connectivity index (χ0) is 18.1. The Bertz CT molecular complexity index is 764. The number of nitriles is 1. The van der Waals surface area contributed by atoms with Crippen molar-refractivity contribution in [1.29, 1.82) is 5.26 Å². The molecule has 2 rings (SSSR count). The normalized spacial score (nSPS) is 10.8. The summed E-state index contributed by atoms with van der Waals surface area (Å²) in [6.07, 6.45) is 1.47. The second kappa shape index (κ2) is 9.11. The monoisotopic (exact) mass is 336 g/mol. The number of carbonyl (C=O) groups is 1. The number of carbonyl (C=O) groups excluding carboxylic acids is 1. The van der Waals surface area contributed by atoms with Gasteiger partial charge < -0.3 is 21.1 Å². The molecule has 4 N–H and O–H groups in total. The number of nitrogens with one attached hydrogen (secondary N) is 1. The molecular formula is C19H20N4O2. The number of aliphatic hydroxyl groups excluding tert-OH is 1. The van der Waals surface area contributed by atoms with E-state index in [1.807, 2.05) is 36.4 Å². The van der Waals surface area contributed by atoms with Crippen LogP contribution in [0.3, 0.4) is 0 Å². The van der Waals surface area contributed by atoms with Gasteiger partial charge in [0.2, 0.25) is 0 Å². The van der Waals surface area contributed by atoms with E-state index in [-0.39, 0.29) is 12.2 Å². The van der Waals surface area contributed by atoms with Crippen LogP contribution in [0.5, 0.6) is 0 Å². The fourth-order valence-corrected chi connectivity index (χ4v) is 2.22. The number of benzene rings is 2. The number of nitrogens with two attached hydrogens (primary N) is 1. The quantitative estimate of drug-likeness (QED) is 0.408. The molecule has 0 heterocycles. The Balaban J connectivity index is 2.12. The molecule has 0 fully saturated rings. The molecule has 0 aliphatic carbocycles. The van der Waals surface area contributed by atoms with Gasteiger partial charge in [0.25, 0.3) is 5.91 Å². The molecule has 2 aromatic rings. The van der Waals surface area contributed by atoms with Gasteiger partial charge in [-0.2, -0.15) is 5.26 Å². The molecule has 0 saturated heterocycles. The molecule has 0 unspecified atom stereocenters. The lowest BCUT2D eigenvalue weighted by molar-refractivity contribution is -0.112. The van der Waals surface area contributed by atoms with E-state index < -0.39 is 5.91 Å². The second-order valence-electron chi connectivity index (χ2n) is 5.41. The van der Waals surface area contributed by atoms with Gasteiger partial charge in [0.1, 0.15) is 11.6 Å². The van der Waals surface area contributed by atoms with Gasteiger partial charge in [0.05, 0.1) is 6.61 Å². The molecule has 6 heteroatoms. The van der Waals surface area contributed by atoms with Crippen molar-refractivity contribution in [2.45, 2.75) is 6.54 Å². The Morgan fingerprint density at radius 2 is 1.88 bits per heavy atom. The molecule has 25 heavy (non-hydrogen) atoms. The third-order valence-electron chi connectivity index (χ3n) is 3.46. The van der Waals surface area contributed by atoms with Gasteiger partial charge in [-0.05, 0) is 29.8 Å². The van der Waals surface area contributed by atoms with E-state index in [2.05, 4.69) is 5.32 Å². The first-order valence-corrected chi connectivity index (χ1v) is 7.80. The summed E-state index contributed by atoms with van der Waals surface area (Å²) in [6, 6.07) is 18.2. The second-order valence-corrected chi connectivity index (χ2v) is 5.41. The maximum Gasteiger partial charge on any atom is 0.267 e. The maximum absolute atomic E-state index is 12.3.